The van der Waals surface area contributed by atoms with Crippen molar-refractivity contribution in [3.8, 4) is 5.75 Å². The molecule has 1 aliphatic rings. The first-order chi connectivity index (χ1) is 12.8. The summed E-state index contributed by atoms with van der Waals surface area (Å²) in [6.45, 7) is 3.85. The standard InChI is InChI=1S/C19H22N2O4S2/c1-4-26-18-8-6-5-7-14(18)20-19(22)17-12-21(27(3,23)24)15-11-13(2)9-10-16(15)25-17/h5-11,17H,4,12H2,1-3H3,(H,20,22)/t17-/m0/s1. The average Bonchev–Trinajstić information content (AvgIpc) is 2.61. The zero-order valence-electron chi connectivity index (χ0n) is 15.4. The summed E-state index contributed by atoms with van der Waals surface area (Å²) in [6, 6.07) is 12.8. The van der Waals surface area contributed by atoms with E-state index in [2.05, 4.69) is 5.32 Å². The Kier molecular flexibility index (Phi) is 5.67. The van der Waals surface area contributed by atoms with Gasteiger partial charge in [-0.2, -0.15) is 0 Å². The summed E-state index contributed by atoms with van der Waals surface area (Å²) < 4.78 is 31.6. The lowest BCUT2D eigenvalue weighted by Crippen LogP contribution is -2.48. The van der Waals surface area contributed by atoms with E-state index in [0.717, 1.165) is 22.5 Å². The van der Waals surface area contributed by atoms with Crippen molar-refractivity contribution < 1.29 is 17.9 Å². The fraction of sp³-hybridized carbons (Fsp3) is 0.316. The molecule has 1 heterocycles. The van der Waals surface area contributed by atoms with Crippen molar-refractivity contribution >= 4 is 39.1 Å². The highest BCUT2D eigenvalue weighted by Gasteiger charge is 2.35. The Balaban J connectivity index is 1.88. The van der Waals surface area contributed by atoms with Gasteiger partial charge in [-0.3, -0.25) is 9.10 Å². The van der Waals surface area contributed by atoms with Gasteiger partial charge in [-0.25, -0.2) is 8.42 Å². The quantitative estimate of drug-likeness (QED) is 0.772. The van der Waals surface area contributed by atoms with E-state index in [1.807, 2.05) is 44.2 Å². The second-order valence-corrected chi connectivity index (χ2v) is 9.50. The molecule has 0 saturated heterocycles. The third-order valence-corrected chi connectivity index (χ3v) is 6.22. The van der Waals surface area contributed by atoms with Crippen LogP contribution in [0.1, 0.15) is 12.5 Å². The highest BCUT2D eigenvalue weighted by atomic mass is 32.2. The first kappa shape index (κ1) is 19.6. The molecule has 0 spiro atoms. The monoisotopic (exact) mass is 406 g/mol. The zero-order valence-corrected chi connectivity index (χ0v) is 17.1. The number of nitrogens with zero attached hydrogens (tertiary/aromatic N) is 1. The van der Waals surface area contributed by atoms with E-state index in [1.54, 1.807) is 23.9 Å². The topological polar surface area (TPSA) is 75.7 Å². The Hall–Kier alpha value is -2.19. The van der Waals surface area contributed by atoms with Gasteiger partial charge in [0.25, 0.3) is 5.91 Å². The van der Waals surface area contributed by atoms with E-state index in [4.69, 9.17) is 4.74 Å². The summed E-state index contributed by atoms with van der Waals surface area (Å²) in [5.74, 6) is 0.883. The number of rotatable bonds is 5. The fourth-order valence-electron chi connectivity index (χ4n) is 2.88. The van der Waals surface area contributed by atoms with Crippen molar-refractivity contribution in [3.63, 3.8) is 0 Å². The second kappa shape index (κ2) is 7.82. The Morgan fingerprint density at radius 3 is 2.74 bits per heavy atom. The molecule has 0 saturated carbocycles. The molecule has 0 bridgehead atoms. The summed E-state index contributed by atoms with van der Waals surface area (Å²) in [6.07, 6.45) is 0.196. The lowest BCUT2D eigenvalue weighted by Gasteiger charge is -2.34. The number of hydrogen-bond acceptors (Lipinski definition) is 5. The van der Waals surface area contributed by atoms with Crippen LogP contribution in [0.4, 0.5) is 11.4 Å². The van der Waals surface area contributed by atoms with E-state index in [1.165, 1.54) is 4.31 Å². The molecule has 6 nitrogen and oxygen atoms in total. The van der Waals surface area contributed by atoms with Crippen LogP contribution in [0.2, 0.25) is 0 Å². The van der Waals surface area contributed by atoms with Crippen LogP contribution in [-0.4, -0.2) is 39.0 Å². The normalized spacial score (nSPS) is 16.4. The number of sulfonamides is 1. The molecule has 27 heavy (non-hydrogen) atoms. The summed E-state index contributed by atoms with van der Waals surface area (Å²) in [4.78, 5) is 13.8. The number of fused-ring (bicyclic) bond motifs is 1. The predicted molar refractivity (Wildman–Crippen MR) is 109 cm³/mol. The van der Waals surface area contributed by atoms with Crippen molar-refractivity contribution in [2.45, 2.75) is 24.8 Å². The van der Waals surface area contributed by atoms with Gasteiger partial charge in [0, 0.05) is 4.90 Å². The number of carbonyl (C=O) groups is 1. The van der Waals surface area contributed by atoms with Crippen LogP contribution >= 0.6 is 11.8 Å². The van der Waals surface area contributed by atoms with E-state index >= 15 is 0 Å². The molecule has 2 aromatic rings. The van der Waals surface area contributed by atoms with Crippen molar-refractivity contribution in [1.29, 1.82) is 0 Å². The van der Waals surface area contributed by atoms with Gasteiger partial charge in [-0.1, -0.05) is 25.1 Å². The fourth-order valence-corrected chi connectivity index (χ4v) is 4.54. The second-order valence-electron chi connectivity index (χ2n) is 6.29. The van der Waals surface area contributed by atoms with Gasteiger partial charge in [-0.05, 0) is 42.5 Å². The van der Waals surface area contributed by atoms with Crippen molar-refractivity contribution in [2.75, 3.05) is 28.2 Å². The SMILES string of the molecule is CCSc1ccccc1NC(=O)[C@@H]1CN(S(C)(=O)=O)c2cc(C)ccc2O1. The maximum absolute atomic E-state index is 12.8. The Labute approximate surface area is 164 Å². The molecule has 1 aliphatic heterocycles. The van der Waals surface area contributed by atoms with E-state index in [-0.39, 0.29) is 12.5 Å². The van der Waals surface area contributed by atoms with Crippen molar-refractivity contribution in [3.05, 3.63) is 48.0 Å². The summed E-state index contributed by atoms with van der Waals surface area (Å²) in [7, 11) is -3.54. The molecule has 8 heteroatoms. The maximum Gasteiger partial charge on any atom is 0.267 e. The predicted octanol–water partition coefficient (Wildman–Crippen LogP) is 3.27. The van der Waals surface area contributed by atoms with E-state index < -0.39 is 16.1 Å². The van der Waals surface area contributed by atoms with E-state index in [0.29, 0.717) is 17.1 Å². The number of nitrogens with one attached hydrogen (secondary N) is 1. The smallest absolute Gasteiger partial charge is 0.267 e. The molecule has 0 unspecified atom stereocenters. The molecule has 1 atom stereocenters. The van der Waals surface area contributed by atoms with Crippen LogP contribution < -0.4 is 14.4 Å². The lowest BCUT2D eigenvalue weighted by atomic mass is 10.1. The number of amides is 1. The minimum Gasteiger partial charge on any atom is -0.476 e. The molecular weight excluding hydrogens is 384 g/mol. The number of benzene rings is 2. The zero-order chi connectivity index (χ0) is 19.6. The first-order valence-electron chi connectivity index (χ1n) is 8.57. The van der Waals surface area contributed by atoms with Crippen molar-refractivity contribution in [2.24, 2.45) is 0 Å². The van der Waals surface area contributed by atoms with Gasteiger partial charge in [0.05, 0.1) is 24.2 Å². The number of para-hydroxylation sites is 1. The highest BCUT2D eigenvalue weighted by molar-refractivity contribution is 7.99. The number of hydrogen-bond donors (Lipinski definition) is 1. The third-order valence-electron chi connectivity index (χ3n) is 4.12. The van der Waals surface area contributed by atoms with Gasteiger partial charge in [0.15, 0.2) is 6.10 Å². The third kappa shape index (κ3) is 4.39. The number of ether oxygens (including phenoxy) is 1. The van der Waals surface area contributed by atoms with Gasteiger partial charge >= 0.3 is 0 Å². The largest absolute Gasteiger partial charge is 0.476 e. The number of thioether (sulfide) groups is 1. The number of carbonyl (C=O) groups excluding carboxylic acids is 1. The summed E-state index contributed by atoms with van der Waals surface area (Å²) in [5.41, 5.74) is 2.07. The molecule has 0 fully saturated rings. The lowest BCUT2D eigenvalue weighted by molar-refractivity contribution is -0.122. The Morgan fingerprint density at radius 1 is 1.30 bits per heavy atom. The highest BCUT2D eigenvalue weighted by Crippen LogP contribution is 2.36. The van der Waals surface area contributed by atoms with Crippen LogP contribution in [0.15, 0.2) is 47.4 Å². The molecule has 144 valence electrons. The van der Waals surface area contributed by atoms with Crippen LogP contribution in [0.25, 0.3) is 0 Å². The van der Waals surface area contributed by atoms with E-state index in [9.17, 15) is 13.2 Å². The molecule has 0 aromatic heterocycles. The molecule has 0 radical (unpaired) electrons. The van der Waals surface area contributed by atoms with Crippen molar-refractivity contribution in [1.82, 2.24) is 0 Å². The van der Waals surface area contributed by atoms with Gasteiger partial charge < -0.3 is 10.1 Å². The molecule has 2 aromatic carbocycles. The maximum atomic E-state index is 12.8. The Bertz CT molecular complexity index is 960. The Morgan fingerprint density at radius 2 is 2.04 bits per heavy atom. The first-order valence-corrected chi connectivity index (χ1v) is 11.4. The molecule has 1 amide bonds. The number of aryl methyl sites for hydroxylation is 1. The minimum atomic E-state index is -3.54. The molecule has 1 N–H and O–H groups in total. The number of anilines is 2. The van der Waals surface area contributed by atoms with Gasteiger partial charge in [0.1, 0.15) is 5.75 Å². The molecular formula is C19H22N2O4S2. The van der Waals surface area contributed by atoms with Crippen LogP contribution in [0, 0.1) is 6.92 Å². The molecule has 3 rings (SSSR count). The average molecular weight is 407 g/mol. The van der Waals surface area contributed by atoms with Crippen LogP contribution in [0.3, 0.4) is 0 Å². The minimum absolute atomic E-state index is 0.0653. The summed E-state index contributed by atoms with van der Waals surface area (Å²) >= 11 is 1.62. The van der Waals surface area contributed by atoms with Crippen LogP contribution in [0.5, 0.6) is 5.75 Å². The summed E-state index contributed by atoms with van der Waals surface area (Å²) in [5, 5.41) is 2.87. The molecule has 0 aliphatic carbocycles. The van der Waals surface area contributed by atoms with Gasteiger partial charge in [-0.15, -0.1) is 11.8 Å². The van der Waals surface area contributed by atoms with Crippen LogP contribution in [-0.2, 0) is 14.8 Å². The van der Waals surface area contributed by atoms with Gasteiger partial charge in [0.2, 0.25) is 10.0 Å².